The van der Waals surface area contributed by atoms with Gasteiger partial charge in [0.25, 0.3) is 5.91 Å². The number of fused-ring (bicyclic) bond motifs is 1. The largest absolute Gasteiger partial charge is 0.374 e. The molecule has 0 saturated carbocycles. The Morgan fingerprint density at radius 3 is 2.40 bits per heavy atom. The molecule has 2 atom stereocenters. The van der Waals surface area contributed by atoms with Crippen LogP contribution in [0.1, 0.15) is 43.9 Å². The van der Waals surface area contributed by atoms with E-state index in [1.54, 1.807) is 24.7 Å². The Labute approximate surface area is 251 Å². The molecule has 1 saturated heterocycles. The van der Waals surface area contributed by atoms with E-state index >= 15 is 0 Å². The van der Waals surface area contributed by atoms with Gasteiger partial charge in [0.15, 0.2) is 6.04 Å². The third-order valence-electron chi connectivity index (χ3n) is 7.48. The molecule has 4 N–H and O–H groups in total. The third-order valence-corrected chi connectivity index (χ3v) is 7.48. The van der Waals surface area contributed by atoms with Crippen LogP contribution in [-0.2, 0) is 25.7 Å². The van der Waals surface area contributed by atoms with Crippen molar-refractivity contribution in [1.82, 2.24) is 20.0 Å². The molecule has 10 heteroatoms. The van der Waals surface area contributed by atoms with E-state index in [2.05, 4.69) is 15.7 Å². The summed E-state index contributed by atoms with van der Waals surface area (Å²) in [4.78, 5) is 41.7. The molecule has 4 aromatic rings. The Morgan fingerprint density at radius 1 is 0.977 bits per heavy atom. The molecule has 0 aliphatic carbocycles. The highest BCUT2D eigenvalue weighted by atomic mass is 16.5. The molecule has 3 amide bonds. The fourth-order valence-corrected chi connectivity index (χ4v) is 5.07. The van der Waals surface area contributed by atoms with Gasteiger partial charge < -0.3 is 26.0 Å². The molecule has 1 fully saturated rings. The van der Waals surface area contributed by atoms with Crippen molar-refractivity contribution in [2.75, 3.05) is 25.0 Å². The van der Waals surface area contributed by atoms with E-state index in [0.717, 1.165) is 34.7 Å². The number of rotatable bonds is 11. The fraction of sp³-hybridized carbons (Fsp3) is 0.333. The highest BCUT2D eigenvalue weighted by Crippen LogP contribution is 2.27. The third kappa shape index (κ3) is 7.46. The smallest absolute Gasteiger partial charge is 0.252 e. The molecule has 1 aromatic heterocycles. The number of nitrogens with two attached hydrogens (primary N) is 1. The van der Waals surface area contributed by atoms with Gasteiger partial charge in [0.2, 0.25) is 11.8 Å². The number of benzene rings is 3. The minimum absolute atomic E-state index is 0.0432. The number of aromatic nitrogens is 2. The summed E-state index contributed by atoms with van der Waals surface area (Å²) in [6, 6.07) is 21.8. The molecule has 43 heavy (non-hydrogen) atoms. The molecular weight excluding hydrogens is 544 g/mol. The Balaban J connectivity index is 1.35. The second-order valence-corrected chi connectivity index (χ2v) is 11.5. The zero-order valence-electron chi connectivity index (χ0n) is 24.5. The summed E-state index contributed by atoms with van der Waals surface area (Å²) in [6.45, 7) is 4.75. The van der Waals surface area contributed by atoms with Crippen LogP contribution >= 0.6 is 0 Å². The van der Waals surface area contributed by atoms with Crippen molar-refractivity contribution >= 4 is 34.2 Å². The number of hydrogen-bond donors (Lipinski definition) is 3. The standard InChI is InChI=1S/C33H38N6O4/c1-33(2,34)32(42)37-28(22-43-21-23-10-4-3-5-11-23)30(40)36-27-19-35-39(20-27)29(31(41)38-16-8-9-17-38)26-15-14-24-12-6-7-13-25(24)18-26/h3-7,10-15,18-20,28-29H,8-9,16-17,21-22,34H2,1-2H3,(H,36,40)(H,37,42)/t28-,29?/m1/s1. The van der Waals surface area contributed by atoms with E-state index in [4.69, 9.17) is 10.5 Å². The van der Waals surface area contributed by atoms with E-state index in [0.29, 0.717) is 18.8 Å². The zero-order chi connectivity index (χ0) is 30.4. The molecule has 1 aliphatic heterocycles. The lowest BCUT2D eigenvalue weighted by Crippen LogP contribution is -2.56. The lowest BCUT2D eigenvalue weighted by Gasteiger charge is -2.24. The predicted octanol–water partition coefficient (Wildman–Crippen LogP) is 3.63. The monoisotopic (exact) mass is 582 g/mol. The first-order valence-electron chi connectivity index (χ1n) is 14.5. The lowest BCUT2D eigenvalue weighted by molar-refractivity contribution is -0.132. The molecule has 0 radical (unpaired) electrons. The van der Waals surface area contributed by atoms with Gasteiger partial charge in [-0.05, 0) is 54.7 Å². The number of hydrogen-bond acceptors (Lipinski definition) is 6. The molecule has 0 bridgehead atoms. The molecular formula is C33H38N6O4. The summed E-state index contributed by atoms with van der Waals surface area (Å²) < 4.78 is 7.38. The van der Waals surface area contributed by atoms with Gasteiger partial charge in [-0.3, -0.25) is 19.1 Å². The van der Waals surface area contributed by atoms with Crippen molar-refractivity contribution in [3.05, 3.63) is 96.3 Å². The van der Waals surface area contributed by atoms with Crippen LogP contribution in [0.25, 0.3) is 10.8 Å². The molecule has 1 aliphatic rings. The van der Waals surface area contributed by atoms with Gasteiger partial charge in [-0.1, -0.05) is 66.7 Å². The van der Waals surface area contributed by atoms with Gasteiger partial charge in [0, 0.05) is 19.3 Å². The molecule has 3 aromatic carbocycles. The van der Waals surface area contributed by atoms with Crippen molar-refractivity contribution in [1.29, 1.82) is 0 Å². The first-order chi connectivity index (χ1) is 20.7. The number of carbonyl (C=O) groups excluding carboxylic acids is 3. The molecule has 1 unspecified atom stereocenters. The van der Waals surface area contributed by atoms with Gasteiger partial charge in [0.1, 0.15) is 6.04 Å². The Morgan fingerprint density at radius 2 is 1.67 bits per heavy atom. The predicted molar refractivity (Wildman–Crippen MR) is 165 cm³/mol. The van der Waals surface area contributed by atoms with Crippen LogP contribution in [-0.4, -0.2) is 63.7 Å². The fourth-order valence-electron chi connectivity index (χ4n) is 5.07. The number of ether oxygens (including phenoxy) is 1. The number of nitrogens with zero attached hydrogens (tertiary/aromatic N) is 3. The minimum Gasteiger partial charge on any atom is -0.374 e. The number of amides is 3. The van der Waals surface area contributed by atoms with E-state index in [1.165, 1.54) is 6.20 Å². The number of nitrogens with one attached hydrogen (secondary N) is 2. The second kappa shape index (κ2) is 13.2. The van der Waals surface area contributed by atoms with Gasteiger partial charge in [0.05, 0.1) is 30.6 Å². The SMILES string of the molecule is CC(C)(N)C(=O)N[C@H](COCc1ccccc1)C(=O)Nc1cnn(C(C(=O)N2CCCC2)c2ccc3ccccc3c2)c1. The van der Waals surface area contributed by atoms with Crippen LogP contribution in [0, 0.1) is 0 Å². The highest BCUT2D eigenvalue weighted by molar-refractivity contribution is 5.98. The molecule has 10 nitrogen and oxygen atoms in total. The maximum absolute atomic E-state index is 13.8. The van der Waals surface area contributed by atoms with Crippen molar-refractivity contribution in [2.24, 2.45) is 5.73 Å². The second-order valence-electron chi connectivity index (χ2n) is 11.5. The Kier molecular flexibility index (Phi) is 9.18. The highest BCUT2D eigenvalue weighted by Gasteiger charge is 2.31. The Bertz CT molecular complexity index is 1570. The van der Waals surface area contributed by atoms with Crippen molar-refractivity contribution in [3.8, 4) is 0 Å². The first-order valence-corrected chi connectivity index (χ1v) is 14.5. The van der Waals surface area contributed by atoms with Crippen LogP contribution in [0.3, 0.4) is 0 Å². The van der Waals surface area contributed by atoms with Gasteiger partial charge >= 0.3 is 0 Å². The minimum atomic E-state index is -1.19. The van der Waals surface area contributed by atoms with Gasteiger partial charge in [-0.25, -0.2) is 0 Å². The van der Waals surface area contributed by atoms with E-state index in [-0.39, 0.29) is 19.1 Å². The topological polar surface area (TPSA) is 132 Å². The summed E-state index contributed by atoms with van der Waals surface area (Å²) in [7, 11) is 0. The van der Waals surface area contributed by atoms with Gasteiger partial charge in [-0.15, -0.1) is 0 Å². The number of likely N-dealkylation sites (tertiary alicyclic amines) is 1. The quantitative estimate of drug-likeness (QED) is 0.248. The van der Waals surface area contributed by atoms with Crippen molar-refractivity contribution < 1.29 is 19.1 Å². The number of anilines is 1. The molecule has 2 heterocycles. The van der Waals surface area contributed by atoms with Crippen LogP contribution in [0.5, 0.6) is 0 Å². The maximum Gasteiger partial charge on any atom is 0.252 e. The van der Waals surface area contributed by atoms with Crippen LogP contribution in [0.2, 0.25) is 0 Å². The van der Waals surface area contributed by atoms with Crippen LogP contribution < -0.4 is 16.4 Å². The zero-order valence-corrected chi connectivity index (χ0v) is 24.5. The normalized spacial score (nSPS) is 14.8. The molecule has 0 spiro atoms. The summed E-state index contributed by atoms with van der Waals surface area (Å²) in [5.74, 6) is -1.02. The molecule has 5 rings (SSSR count). The number of carbonyl (C=O) groups is 3. The average molecular weight is 583 g/mol. The van der Waals surface area contributed by atoms with Crippen molar-refractivity contribution in [2.45, 2.75) is 50.9 Å². The maximum atomic E-state index is 13.8. The van der Waals surface area contributed by atoms with E-state index in [1.807, 2.05) is 77.7 Å². The Hall–Kier alpha value is -4.54. The lowest BCUT2D eigenvalue weighted by atomic mass is 10.0. The average Bonchev–Trinajstić information content (AvgIpc) is 3.70. The summed E-state index contributed by atoms with van der Waals surface area (Å²) in [5, 5.41) is 12.1. The van der Waals surface area contributed by atoms with E-state index in [9.17, 15) is 14.4 Å². The van der Waals surface area contributed by atoms with E-state index < -0.39 is 29.4 Å². The van der Waals surface area contributed by atoms with Crippen molar-refractivity contribution in [3.63, 3.8) is 0 Å². The first kappa shape index (κ1) is 29.9. The summed E-state index contributed by atoms with van der Waals surface area (Å²) in [6.07, 6.45) is 5.08. The van der Waals surface area contributed by atoms with Gasteiger partial charge in [-0.2, -0.15) is 5.10 Å². The molecule has 224 valence electrons. The summed E-state index contributed by atoms with van der Waals surface area (Å²) in [5.41, 5.74) is 6.92. The summed E-state index contributed by atoms with van der Waals surface area (Å²) >= 11 is 0. The van der Waals surface area contributed by atoms with Crippen LogP contribution in [0.4, 0.5) is 5.69 Å². The van der Waals surface area contributed by atoms with Crippen LogP contribution in [0.15, 0.2) is 85.2 Å².